The van der Waals surface area contributed by atoms with Crippen molar-refractivity contribution in [2.75, 3.05) is 20.2 Å². The van der Waals surface area contributed by atoms with Gasteiger partial charge in [0.05, 0.1) is 18.4 Å². The van der Waals surface area contributed by atoms with Crippen LogP contribution in [0, 0.1) is 13.8 Å². The Labute approximate surface area is 194 Å². The molecule has 0 radical (unpaired) electrons. The zero-order valence-corrected chi connectivity index (χ0v) is 19.1. The lowest BCUT2D eigenvalue weighted by Gasteiger charge is -2.23. The molecule has 1 aromatic carbocycles. The molecule has 0 bridgehead atoms. The van der Waals surface area contributed by atoms with Gasteiger partial charge in [-0.15, -0.1) is 0 Å². The fourth-order valence-corrected chi connectivity index (χ4v) is 3.64. The predicted octanol–water partition coefficient (Wildman–Crippen LogP) is 3.56. The molecule has 3 rings (SSSR count). The van der Waals surface area contributed by atoms with Crippen LogP contribution in [0.25, 0.3) is 6.08 Å². The van der Waals surface area contributed by atoms with E-state index in [4.69, 9.17) is 14.0 Å². The van der Waals surface area contributed by atoms with Crippen LogP contribution < -0.4 is 14.8 Å². The zero-order chi connectivity index (χ0) is 24.9. The summed E-state index contributed by atoms with van der Waals surface area (Å²) in [6, 6.07) is 4.19. The van der Waals surface area contributed by atoms with Crippen LogP contribution in [-0.2, 0) is 16.2 Å². The number of nitrogens with zero attached hydrogens (tertiary/aromatic N) is 2. The van der Waals surface area contributed by atoms with Crippen LogP contribution in [0.2, 0.25) is 0 Å². The average Bonchev–Trinajstić information content (AvgIpc) is 3.41. The van der Waals surface area contributed by atoms with Crippen LogP contribution in [0.3, 0.4) is 0 Å². The Hall–Kier alpha value is -3.50. The number of carbonyl (C=O) groups is 2. The molecule has 1 atom stereocenters. The maximum absolute atomic E-state index is 12.6. The van der Waals surface area contributed by atoms with Crippen molar-refractivity contribution >= 4 is 17.9 Å². The van der Waals surface area contributed by atoms with Gasteiger partial charge in [-0.1, -0.05) is 11.2 Å². The van der Waals surface area contributed by atoms with Crippen molar-refractivity contribution in [2.45, 2.75) is 45.5 Å². The fraction of sp³-hybridized carbons (Fsp3) is 0.435. The van der Waals surface area contributed by atoms with Gasteiger partial charge in [0.15, 0.2) is 11.5 Å². The number of ether oxygens (including phenoxy) is 2. The number of alkyl halides is 3. The molecular weight excluding hydrogens is 455 g/mol. The Morgan fingerprint density at radius 2 is 2.06 bits per heavy atom. The van der Waals surface area contributed by atoms with Gasteiger partial charge in [-0.05, 0) is 50.5 Å². The summed E-state index contributed by atoms with van der Waals surface area (Å²) in [5, 5.41) is 5.74. The molecule has 184 valence electrons. The van der Waals surface area contributed by atoms with E-state index >= 15 is 0 Å². The van der Waals surface area contributed by atoms with E-state index in [9.17, 15) is 22.8 Å². The highest BCUT2D eigenvalue weighted by molar-refractivity contribution is 5.96. The molecular formula is C23H26F3N3O5. The maximum Gasteiger partial charge on any atom is 0.405 e. The van der Waals surface area contributed by atoms with Crippen LogP contribution in [0.4, 0.5) is 13.2 Å². The van der Waals surface area contributed by atoms with Gasteiger partial charge in [0.25, 0.3) is 0 Å². The van der Waals surface area contributed by atoms with E-state index in [1.807, 2.05) is 12.2 Å². The van der Waals surface area contributed by atoms with Crippen LogP contribution in [0.5, 0.6) is 11.5 Å². The van der Waals surface area contributed by atoms with Gasteiger partial charge in [-0.25, -0.2) is 0 Å². The number of hydrogen-bond acceptors (Lipinski definition) is 6. The quantitative estimate of drug-likeness (QED) is 0.580. The number of nitrogens with one attached hydrogen (secondary N) is 1. The van der Waals surface area contributed by atoms with Crippen molar-refractivity contribution in [2.24, 2.45) is 0 Å². The third-order valence-electron chi connectivity index (χ3n) is 5.46. The highest BCUT2D eigenvalue weighted by Crippen LogP contribution is 2.30. The lowest BCUT2D eigenvalue weighted by molar-refractivity contribution is -0.143. The van der Waals surface area contributed by atoms with Crippen molar-refractivity contribution < 1.29 is 36.8 Å². The summed E-state index contributed by atoms with van der Waals surface area (Å²) in [5.41, 5.74) is 2.23. The van der Waals surface area contributed by atoms with Gasteiger partial charge in [0, 0.05) is 12.6 Å². The SMILES string of the molecule is COc1cc(C=CC(=O)N2CCCC2C(=O)NCC(F)(F)F)ccc1OCc1c(C)noc1C. The largest absolute Gasteiger partial charge is 0.493 e. The predicted molar refractivity (Wildman–Crippen MR) is 116 cm³/mol. The van der Waals surface area contributed by atoms with Gasteiger partial charge in [-0.2, -0.15) is 13.2 Å². The minimum absolute atomic E-state index is 0.248. The number of likely N-dealkylation sites (tertiary alicyclic amines) is 1. The first-order chi connectivity index (χ1) is 16.1. The third-order valence-corrected chi connectivity index (χ3v) is 5.46. The summed E-state index contributed by atoms with van der Waals surface area (Å²) in [6.45, 7) is 2.74. The topological polar surface area (TPSA) is 93.9 Å². The summed E-state index contributed by atoms with van der Waals surface area (Å²) in [7, 11) is 1.49. The van der Waals surface area contributed by atoms with E-state index < -0.39 is 30.6 Å². The Kier molecular flexibility index (Phi) is 7.85. The molecule has 2 aromatic rings. The molecule has 1 aliphatic heterocycles. The van der Waals surface area contributed by atoms with Crippen molar-refractivity contribution in [3.8, 4) is 11.5 Å². The molecule has 2 amide bonds. The van der Waals surface area contributed by atoms with Gasteiger partial charge >= 0.3 is 6.18 Å². The molecule has 0 spiro atoms. The molecule has 0 saturated carbocycles. The third kappa shape index (κ3) is 6.30. The van der Waals surface area contributed by atoms with Crippen LogP contribution >= 0.6 is 0 Å². The monoisotopic (exact) mass is 481 g/mol. The molecule has 0 aliphatic carbocycles. The smallest absolute Gasteiger partial charge is 0.405 e. The minimum Gasteiger partial charge on any atom is -0.493 e. The summed E-state index contributed by atoms with van der Waals surface area (Å²) in [6.07, 6.45) is -0.825. The molecule has 1 aliphatic rings. The lowest BCUT2D eigenvalue weighted by Crippen LogP contribution is -2.47. The molecule has 1 aromatic heterocycles. The molecule has 8 nitrogen and oxygen atoms in total. The highest BCUT2D eigenvalue weighted by atomic mass is 19.4. The van der Waals surface area contributed by atoms with Gasteiger partial charge < -0.3 is 24.2 Å². The van der Waals surface area contributed by atoms with Crippen molar-refractivity contribution in [3.05, 3.63) is 46.9 Å². The summed E-state index contributed by atoms with van der Waals surface area (Å²) in [5.74, 6) is 0.348. The second-order valence-electron chi connectivity index (χ2n) is 7.86. The van der Waals surface area contributed by atoms with Crippen LogP contribution in [0.15, 0.2) is 28.8 Å². The first-order valence-electron chi connectivity index (χ1n) is 10.6. The number of aromatic nitrogens is 1. The Morgan fingerprint density at radius 3 is 2.71 bits per heavy atom. The summed E-state index contributed by atoms with van der Waals surface area (Å²) < 4.78 is 53.5. The van der Waals surface area contributed by atoms with E-state index in [2.05, 4.69) is 5.16 Å². The van der Waals surface area contributed by atoms with Gasteiger partial charge in [-0.3, -0.25) is 9.59 Å². The minimum atomic E-state index is -4.51. The molecule has 11 heteroatoms. The number of aryl methyl sites for hydroxylation is 2. The fourth-order valence-electron chi connectivity index (χ4n) is 3.64. The van der Waals surface area contributed by atoms with Crippen LogP contribution in [0.1, 0.15) is 35.4 Å². The first kappa shape index (κ1) is 25.1. The molecule has 34 heavy (non-hydrogen) atoms. The van der Waals surface area contributed by atoms with E-state index in [1.54, 1.807) is 31.2 Å². The Morgan fingerprint density at radius 1 is 1.29 bits per heavy atom. The van der Waals surface area contributed by atoms with E-state index in [-0.39, 0.29) is 6.61 Å². The van der Waals surface area contributed by atoms with Gasteiger partial charge in [0.2, 0.25) is 11.8 Å². The van der Waals surface area contributed by atoms with Crippen LogP contribution in [-0.4, -0.2) is 54.3 Å². The van der Waals surface area contributed by atoms with E-state index in [1.165, 1.54) is 18.1 Å². The molecule has 1 fully saturated rings. The Bertz CT molecular complexity index is 1050. The molecule has 1 saturated heterocycles. The number of hydrogen-bond donors (Lipinski definition) is 1. The number of benzene rings is 1. The second-order valence-corrected chi connectivity index (χ2v) is 7.86. The Balaban J connectivity index is 1.64. The molecule has 2 heterocycles. The second kappa shape index (κ2) is 10.6. The zero-order valence-electron chi connectivity index (χ0n) is 19.1. The number of halogens is 3. The van der Waals surface area contributed by atoms with Crippen molar-refractivity contribution in [1.29, 1.82) is 0 Å². The standard InChI is InChI=1S/C23H26F3N3O5/c1-14-17(15(2)34-28-14)12-33-19-8-6-16(11-20(19)32-3)7-9-21(30)29-10-4-5-18(29)22(31)27-13-23(24,25)26/h6-9,11,18H,4-5,10,12-13H2,1-3H3,(H,27,31). The highest BCUT2D eigenvalue weighted by Gasteiger charge is 2.35. The van der Waals surface area contributed by atoms with E-state index in [0.717, 1.165) is 11.3 Å². The van der Waals surface area contributed by atoms with Gasteiger partial charge in [0.1, 0.15) is 25.0 Å². The number of amides is 2. The lowest BCUT2D eigenvalue weighted by atomic mass is 10.1. The van der Waals surface area contributed by atoms with Crippen molar-refractivity contribution in [3.63, 3.8) is 0 Å². The number of rotatable bonds is 8. The maximum atomic E-state index is 12.6. The molecule has 1 N–H and O–H groups in total. The summed E-state index contributed by atoms with van der Waals surface area (Å²) >= 11 is 0. The van der Waals surface area contributed by atoms with Crippen molar-refractivity contribution in [1.82, 2.24) is 15.4 Å². The average molecular weight is 481 g/mol. The first-order valence-corrected chi connectivity index (χ1v) is 10.6. The van der Waals surface area contributed by atoms with E-state index in [0.29, 0.717) is 42.2 Å². The number of carbonyl (C=O) groups excluding carboxylic acids is 2. The molecule has 1 unspecified atom stereocenters. The number of methoxy groups -OCH3 is 1. The summed E-state index contributed by atoms with van der Waals surface area (Å²) in [4.78, 5) is 26.0. The normalized spacial score (nSPS) is 16.2.